The van der Waals surface area contributed by atoms with Crippen LogP contribution in [0.3, 0.4) is 0 Å². The summed E-state index contributed by atoms with van der Waals surface area (Å²) in [7, 11) is -3.94. The molecule has 0 saturated carbocycles. The second-order valence-electron chi connectivity index (χ2n) is 6.88. The lowest BCUT2D eigenvalue weighted by Gasteiger charge is -2.32. The predicted molar refractivity (Wildman–Crippen MR) is 107 cm³/mol. The van der Waals surface area contributed by atoms with E-state index in [4.69, 9.17) is 11.6 Å². The summed E-state index contributed by atoms with van der Waals surface area (Å²) >= 11 is 6.34. The maximum Gasteiger partial charge on any atom is 0.207 e. The van der Waals surface area contributed by atoms with E-state index in [1.807, 2.05) is 26.0 Å². The van der Waals surface area contributed by atoms with Gasteiger partial charge in [0.25, 0.3) is 0 Å². The average molecular weight is 400 g/mol. The van der Waals surface area contributed by atoms with Crippen molar-refractivity contribution >= 4 is 37.9 Å². The van der Waals surface area contributed by atoms with Gasteiger partial charge in [-0.15, -0.1) is 0 Å². The Morgan fingerprint density at radius 2 is 1.67 bits per heavy atom. The molecule has 0 spiro atoms. The van der Waals surface area contributed by atoms with Gasteiger partial charge in [0.05, 0.1) is 15.6 Å². The van der Waals surface area contributed by atoms with Crippen LogP contribution in [0.25, 0.3) is 5.03 Å². The fourth-order valence-corrected chi connectivity index (χ4v) is 5.91. The van der Waals surface area contributed by atoms with Crippen LogP contribution in [-0.4, -0.2) is 19.6 Å². The SMILES string of the molecule is Cc1ccc(S(=O)(=O)C2C(=O)C=C3C=C(Cl)c4ccccc4N32)c(C)c1C. The lowest BCUT2D eigenvalue weighted by atomic mass is 10.1. The highest BCUT2D eigenvalue weighted by Gasteiger charge is 2.46. The van der Waals surface area contributed by atoms with Gasteiger partial charge >= 0.3 is 0 Å². The van der Waals surface area contributed by atoms with Crippen LogP contribution in [0.15, 0.2) is 59.1 Å². The molecule has 0 saturated heterocycles. The topological polar surface area (TPSA) is 54.5 Å². The van der Waals surface area contributed by atoms with Gasteiger partial charge in [0.2, 0.25) is 15.2 Å². The number of carbonyl (C=O) groups is 1. The van der Waals surface area contributed by atoms with Crippen LogP contribution in [0.1, 0.15) is 22.3 Å². The third-order valence-corrected chi connectivity index (χ3v) is 7.75. The largest absolute Gasteiger partial charge is 0.316 e. The molecule has 2 aliphatic heterocycles. The zero-order valence-electron chi connectivity index (χ0n) is 15.2. The molecule has 2 aromatic rings. The Morgan fingerprint density at radius 3 is 2.41 bits per heavy atom. The van der Waals surface area contributed by atoms with Crippen LogP contribution in [0.4, 0.5) is 5.69 Å². The quantitative estimate of drug-likeness (QED) is 0.756. The van der Waals surface area contributed by atoms with Crippen molar-refractivity contribution in [3.8, 4) is 0 Å². The molecule has 1 unspecified atom stereocenters. The number of para-hydroxylation sites is 1. The van der Waals surface area contributed by atoms with Crippen LogP contribution in [0.5, 0.6) is 0 Å². The van der Waals surface area contributed by atoms with Crippen molar-refractivity contribution in [2.24, 2.45) is 0 Å². The van der Waals surface area contributed by atoms with Crippen molar-refractivity contribution in [1.82, 2.24) is 0 Å². The zero-order valence-corrected chi connectivity index (χ0v) is 16.7. The van der Waals surface area contributed by atoms with E-state index in [0.29, 0.717) is 27.5 Å². The van der Waals surface area contributed by atoms with Crippen LogP contribution < -0.4 is 4.90 Å². The van der Waals surface area contributed by atoms with Crippen molar-refractivity contribution in [3.05, 3.63) is 76.5 Å². The van der Waals surface area contributed by atoms with E-state index in [-0.39, 0.29) is 4.90 Å². The first kappa shape index (κ1) is 18.0. The lowest BCUT2D eigenvalue weighted by molar-refractivity contribution is -0.113. The van der Waals surface area contributed by atoms with E-state index in [1.165, 1.54) is 6.08 Å². The third kappa shape index (κ3) is 2.57. The number of anilines is 1. The molecule has 0 N–H and O–H groups in total. The molecular formula is C21H18ClNO3S. The summed E-state index contributed by atoms with van der Waals surface area (Å²) in [5.41, 5.74) is 4.44. The van der Waals surface area contributed by atoms with Gasteiger partial charge in [-0.25, -0.2) is 8.42 Å². The highest BCUT2D eigenvalue weighted by atomic mass is 35.5. The van der Waals surface area contributed by atoms with Gasteiger partial charge in [-0.1, -0.05) is 35.9 Å². The van der Waals surface area contributed by atoms with E-state index >= 15 is 0 Å². The normalized spacial score (nSPS) is 18.7. The molecule has 4 nitrogen and oxygen atoms in total. The van der Waals surface area contributed by atoms with Crippen LogP contribution >= 0.6 is 11.6 Å². The van der Waals surface area contributed by atoms with Crippen LogP contribution in [0.2, 0.25) is 0 Å². The number of hydrogen-bond acceptors (Lipinski definition) is 4. The summed E-state index contributed by atoms with van der Waals surface area (Å²) in [6.45, 7) is 5.61. The maximum atomic E-state index is 13.5. The number of aryl methyl sites for hydroxylation is 1. The summed E-state index contributed by atoms with van der Waals surface area (Å²) in [6.07, 6.45) is 3.00. The highest BCUT2D eigenvalue weighted by molar-refractivity contribution is 7.93. The van der Waals surface area contributed by atoms with Crippen LogP contribution in [-0.2, 0) is 14.6 Å². The minimum Gasteiger partial charge on any atom is -0.316 e. The number of fused-ring (bicyclic) bond motifs is 3. The Balaban J connectivity index is 1.91. The third-order valence-electron chi connectivity index (χ3n) is 5.35. The molecule has 0 aliphatic carbocycles. The Bertz CT molecular complexity index is 1160. The minimum absolute atomic E-state index is 0.191. The fraction of sp³-hybridized carbons (Fsp3) is 0.190. The Morgan fingerprint density at radius 1 is 0.963 bits per heavy atom. The first-order chi connectivity index (χ1) is 12.7. The molecule has 27 heavy (non-hydrogen) atoms. The van der Waals surface area contributed by atoms with Gasteiger partial charge in [0, 0.05) is 17.3 Å². The van der Waals surface area contributed by atoms with Crippen molar-refractivity contribution in [2.45, 2.75) is 31.0 Å². The predicted octanol–water partition coefficient (Wildman–Crippen LogP) is 4.28. The number of allylic oxidation sites excluding steroid dienone is 1. The molecule has 0 radical (unpaired) electrons. The lowest BCUT2D eigenvalue weighted by Crippen LogP contribution is -2.42. The monoisotopic (exact) mass is 399 g/mol. The van der Waals surface area contributed by atoms with Gasteiger partial charge in [-0.3, -0.25) is 4.79 Å². The molecule has 0 bridgehead atoms. The first-order valence-electron chi connectivity index (χ1n) is 8.55. The number of ketones is 1. The van der Waals surface area contributed by atoms with Crippen molar-refractivity contribution in [3.63, 3.8) is 0 Å². The van der Waals surface area contributed by atoms with Gasteiger partial charge < -0.3 is 4.90 Å². The van der Waals surface area contributed by atoms with Crippen LogP contribution in [0, 0.1) is 20.8 Å². The number of halogens is 1. The first-order valence-corrected chi connectivity index (χ1v) is 10.5. The maximum absolute atomic E-state index is 13.5. The molecular weight excluding hydrogens is 382 g/mol. The minimum atomic E-state index is -3.94. The highest BCUT2D eigenvalue weighted by Crippen LogP contribution is 2.43. The van der Waals surface area contributed by atoms with E-state index in [2.05, 4.69) is 0 Å². The number of benzene rings is 2. The second kappa shape index (κ2) is 6.08. The summed E-state index contributed by atoms with van der Waals surface area (Å²) in [4.78, 5) is 14.5. The van der Waals surface area contributed by atoms with Gasteiger partial charge in [0.15, 0.2) is 5.78 Å². The van der Waals surface area contributed by atoms with E-state index in [0.717, 1.165) is 11.1 Å². The van der Waals surface area contributed by atoms with E-state index in [9.17, 15) is 13.2 Å². The number of nitrogens with zero attached hydrogens (tertiary/aromatic N) is 1. The average Bonchev–Trinajstić information content (AvgIpc) is 2.96. The van der Waals surface area contributed by atoms with E-state index < -0.39 is 21.0 Å². The van der Waals surface area contributed by atoms with Crippen molar-refractivity contribution < 1.29 is 13.2 Å². The standard InChI is InChI=1S/C21H18ClNO3S/c1-12-8-9-20(14(3)13(12)2)27(25,26)21-19(24)11-15-10-17(22)16-6-4-5-7-18(16)23(15)21/h4-11,21H,1-3H3. The summed E-state index contributed by atoms with van der Waals surface area (Å²) < 4.78 is 27.1. The number of hydrogen-bond donors (Lipinski definition) is 0. The van der Waals surface area contributed by atoms with Gasteiger partial charge in [-0.05, 0) is 55.7 Å². The van der Waals surface area contributed by atoms with E-state index in [1.54, 1.807) is 42.2 Å². The Labute approximate surface area is 163 Å². The number of rotatable bonds is 2. The molecule has 2 aliphatic rings. The summed E-state index contributed by atoms with van der Waals surface area (Å²) in [5.74, 6) is -0.458. The molecule has 6 heteroatoms. The van der Waals surface area contributed by atoms with Crippen molar-refractivity contribution in [1.29, 1.82) is 0 Å². The van der Waals surface area contributed by atoms with Crippen molar-refractivity contribution in [2.75, 3.05) is 4.90 Å². The molecule has 138 valence electrons. The molecule has 2 heterocycles. The zero-order chi connectivity index (χ0) is 19.5. The number of sulfone groups is 1. The van der Waals surface area contributed by atoms with Gasteiger partial charge in [-0.2, -0.15) is 0 Å². The fourth-order valence-electron chi connectivity index (χ4n) is 3.67. The molecule has 0 aromatic heterocycles. The summed E-state index contributed by atoms with van der Waals surface area (Å²) in [6, 6.07) is 10.6. The molecule has 4 rings (SSSR count). The Hall–Kier alpha value is -2.37. The molecule has 1 atom stereocenters. The van der Waals surface area contributed by atoms with Gasteiger partial charge in [0.1, 0.15) is 0 Å². The second-order valence-corrected chi connectivity index (χ2v) is 9.26. The molecule has 0 amide bonds. The summed E-state index contributed by atoms with van der Waals surface area (Å²) in [5, 5.41) is -0.836. The number of carbonyl (C=O) groups excluding carboxylic acids is 1. The molecule has 0 fully saturated rings. The molecule has 2 aromatic carbocycles. The smallest absolute Gasteiger partial charge is 0.207 e. The Kier molecular flexibility index (Phi) is 4.05.